The number of rotatable bonds is 5. The van der Waals surface area contributed by atoms with Gasteiger partial charge in [-0.3, -0.25) is 4.79 Å². The fraction of sp³-hybridized carbons (Fsp3) is 0.917. The molecule has 1 heterocycles. The molecule has 0 N–H and O–H groups in total. The van der Waals surface area contributed by atoms with E-state index in [0.29, 0.717) is 0 Å². The third-order valence-corrected chi connectivity index (χ3v) is 4.05. The maximum Gasteiger partial charge on any atom is 0.439 e. The summed E-state index contributed by atoms with van der Waals surface area (Å²) in [5.41, 5.74) is -7.49. The van der Waals surface area contributed by atoms with E-state index in [-0.39, 0.29) is 0 Å². The van der Waals surface area contributed by atoms with Gasteiger partial charge in [0.2, 0.25) is 0 Å². The molecule has 0 saturated carbocycles. The molecule has 0 radical (unpaired) electrons. The van der Waals surface area contributed by atoms with E-state index in [9.17, 15) is 61.9 Å². The summed E-state index contributed by atoms with van der Waals surface area (Å²) in [6.07, 6.45) is -14.9. The zero-order valence-electron chi connectivity index (χ0n) is 13.5. The first-order chi connectivity index (χ1) is 12.2. The lowest BCUT2D eigenvalue weighted by atomic mass is 9.89. The van der Waals surface area contributed by atoms with Crippen LogP contribution in [0.25, 0.3) is 0 Å². The van der Waals surface area contributed by atoms with E-state index < -0.39 is 72.8 Å². The number of hydrogen-bond donors (Lipinski definition) is 0. The summed E-state index contributed by atoms with van der Waals surface area (Å²) in [6.45, 7) is -2.88. The molecule has 1 aliphatic rings. The van der Waals surface area contributed by atoms with Gasteiger partial charge in [0.1, 0.15) is 0 Å². The topological polar surface area (TPSA) is 23.6 Å². The molecule has 0 bridgehead atoms. The summed E-state index contributed by atoms with van der Waals surface area (Å²) in [6, 6.07) is -6.06. The van der Waals surface area contributed by atoms with Crippen LogP contribution in [0.15, 0.2) is 0 Å². The highest BCUT2D eigenvalue weighted by atomic mass is 19.4. The number of piperazine rings is 1. The number of alkyl halides is 13. The first-order valence-corrected chi connectivity index (χ1v) is 7.10. The molecule has 0 aliphatic carbocycles. The minimum atomic E-state index is -7.49. The third-order valence-electron chi connectivity index (χ3n) is 4.05. The summed E-state index contributed by atoms with van der Waals surface area (Å²) in [5.74, 6) is -19.5. The van der Waals surface area contributed by atoms with Gasteiger partial charge in [0.05, 0.1) is 0 Å². The number of halogens is 13. The molecule has 0 atom stereocenters. The van der Waals surface area contributed by atoms with Crippen LogP contribution in [-0.4, -0.2) is 84.7 Å². The second kappa shape index (κ2) is 6.88. The predicted octanol–water partition coefficient (Wildman–Crippen LogP) is 3.50. The molecule has 0 aromatic rings. The lowest BCUT2D eigenvalue weighted by Gasteiger charge is -2.43. The summed E-state index contributed by atoms with van der Waals surface area (Å²) in [7, 11) is 1.32. The van der Waals surface area contributed by atoms with Crippen LogP contribution in [0.1, 0.15) is 0 Å². The zero-order chi connectivity index (χ0) is 22.6. The van der Waals surface area contributed by atoms with Crippen molar-refractivity contribution in [3.05, 3.63) is 0 Å². The number of carbonyl (C=O) groups excluding carboxylic acids is 1. The fourth-order valence-corrected chi connectivity index (χ4v) is 2.25. The third kappa shape index (κ3) is 3.52. The van der Waals surface area contributed by atoms with E-state index in [1.165, 1.54) is 11.9 Å². The molecule has 1 rings (SSSR count). The van der Waals surface area contributed by atoms with Crippen LogP contribution < -0.4 is 0 Å². The normalized spacial score (nSPS) is 19.8. The molecule has 166 valence electrons. The first-order valence-electron chi connectivity index (χ1n) is 7.10. The smallest absolute Gasteiger partial charge is 0.304 e. The molecular formula is C12H11F13N2O. The largest absolute Gasteiger partial charge is 0.439 e. The Labute approximate surface area is 148 Å². The highest BCUT2D eigenvalue weighted by Gasteiger charge is 2.87. The Morgan fingerprint density at radius 2 is 1.04 bits per heavy atom. The van der Waals surface area contributed by atoms with Gasteiger partial charge >= 0.3 is 35.9 Å². The second-order valence-corrected chi connectivity index (χ2v) is 5.96. The Kier molecular flexibility index (Phi) is 6.07. The van der Waals surface area contributed by atoms with Gasteiger partial charge in [-0.2, -0.15) is 52.7 Å². The zero-order valence-corrected chi connectivity index (χ0v) is 13.5. The van der Waals surface area contributed by atoms with Gasteiger partial charge < -0.3 is 4.90 Å². The minimum absolute atomic E-state index is 0.399. The maximum atomic E-state index is 13.9. The number of hydrogen-bond acceptors (Lipinski definition) is 3. The molecule has 16 heteroatoms. The molecule has 0 unspecified atom stereocenters. The lowest BCUT2D eigenvalue weighted by molar-refractivity contribution is -0.365. The molecule has 0 amide bonds. The van der Waals surface area contributed by atoms with E-state index in [1.807, 2.05) is 0 Å². The predicted molar refractivity (Wildman–Crippen MR) is 64.9 cm³/mol. The lowest BCUT2D eigenvalue weighted by Crippen LogP contribution is -2.72. The highest BCUT2D eigenvalue weighted by molar-refractivity contribution is 5.96. The molecule has 28 heavy (non-hydrogen) atoms. The monoisotopic (exact) mass is 446 g/mol. The number of ketones is 1. The first kappa shape index (κ1) is 24.7. The van der Waals surface area contributed by atoms with Gasteiger partial charge in [-0.05, 0) is 7.05 Å². The van der Waals surface area contributed by atoms with E-state index in [0.717, 1.165) is 0 Å². The van der Waals surface area contributed by atoms with E-state index in [2.05, 4.69) is 0 Å². The highest BCUT2D eigenvalue weighted by Crippen LogP contribution is 2.55. The van der Waals surface area contributed by atoms with Gasteiger partial charge in [0.15, 0.2) is 0 Å². The molecule has 3 nitrogen and oxygen atoms in total. The summed E-state index contributed by atoms with van der Waals surface area (Å²) in [4.78, 5) is 11.6. The van der Waals surface area contributed by atoms with Crippen molar-refractivity contribution >= 4 is 5.78 Å². The van der Waals surface area contributed by atoms with Gasteiger partial charge in [0, 0.05) is 26.2 Å². The molecule has 0 spiro atoms. The van der Waals surface area contributed by atoms with Crippen molar-refractivity contribution < 1.29 is 61.9 Å². The number of nitrogens with zero attached hydrogens (tertiary/aromatic N) is 2. The number of carbonyl (C=O) groups is 1. The van der Waals surface area contributed by atoms with E-state index in [1.54, 1.807) is 0 Å². The van der Waals surface area contributed by atoms with Crippen LogP contribution in [0.5, 0.6) is 0 Å². The van der Waals surface area contributed by atoms with Crippen LogP contribution in [-0.2, 0) is 4.79 Å². The summed E-state index contributed by atoms with van der Waals surface area (Å²) < 4.78 is 170. The molecule has 0 aromatic heterocycles. The average Bonchev–Trinajstić information content (AvgIpc) is 2.51. The van der Waals surface area contributed by atoms with Crippen molar-refractivity contribution in [3.63, 3.8) is 0 Å². The SMILES string of the molecule is CN1CCN(C(F)(F)C(F)(F)C(F)(F)C(=O)C(F)(C(F)(F)F)C(F)(F)F)CC1. The van der Waals surface area contributed by atoms with Crippen molar-refractivity contribution in [2.24, 2.45) is 0 Å². The van der Waals surface area contributed by atoms with Crippen molar-refractivity contribution in [3.8, 4) is 0 Å². The van der Waals surface area contributed by atoms with Crippen LogP contribution in [0.3, 0.4) is 0 Å². The Morgan fingerprint density at radius 1 is 0.679 bits per heavy atom. The number of likely N-dealkylation sites (N-methyl/N-ethyl adjacent to an activating group) is 1. The summed E-state index contributed by atoms with van der Waals surface area (Å²) in [5, 5.41) is 0. The Hall–Kier alpha value is -1.32. The molecule has 1 fully saturated rings. The van der Waals surface area contributed by atoms with Crippen molar-refractivity contribution in [1.82, 2.24) is 9.80 Å². The summed E-state index contributed by atoms with van der Waals surface area (Å²) >= 11 is 0. The van der Waals surface area contributed by atoms with E-state index >= 15 is 0 Å². The van der Waals surface area contributed by atoms with Gasteiger partial charge in [0.25, 0.3) is 5.78 Å². The Morgan fingerprint density at radius 3 is 1.36 bits per heavy atom. The van der Waals surface area contributed by atoms with Crippen LogP contribution in [0.4, 0.5) is 57.1 Å². The molecule has 0 aromatic carbocycles. The van der Waals surface area contributed by atoms with Gasteiger partial charge in [-0.15, -0.1) is 0 Å². The Balaban J connectivity index is 3.43. The van der Waals surface area contributed by atoms with Gasteiger partial charge in [-0.25, -0.2) is 9.29 Å². The Bertz CT molecular complexity index is 575. The maximum absolute atomic E-state index is 13.9. The fourth-order valence-electron chi connectivity index (χ4n) is 2.25. The van der Waals surface area contributed by atoms with Crippen molar-refractivity contribution in [2.75, 3.05) is 33.2 Å². The average molecular weight is 446 g/mol. The quantitative estimate of drug-likeness (QED) is 0.478. The number of Topliss-reactive ketones (excluding diaryl/α,β-unsaturated/α-hetero) is 1. The molecular weight excluding hydrogens is 435 g/mol. The minimum Gasteiger partial charge on any atom is -0.304 e. The van der Waals surface area contributed by atoms with Crippen LogP contribution in [0, 0.1) is 0 Å². The van der Waals surface area contributed by atoms with Crippen LogP contribution >= 0.6 is 0 Å². The second-order valence-electron chi connectivity index (χ2n) is 5.96. The van der Waals surface area contributed by atoms with Crippen molar-refractivity contribution in [1.29, 1.82) is 0 Å². The standard InChI is InChI=1S/C12H11F13N2O/c1-26-2-4-27(5-3-26)12(24,25)9(16,17)8(14,15)6(28)7(13,10(18,19)20)11(21,22)23/h2-5H2,1H3. The van der Waals surface area contributed by atoms with Crippen LogP contribution in [0.2, 0.25) is 0 Å². The molecule has 1 aliphatic heterocycles. The van der Waals surface area contributed by atoms with E-state index in [4.69, 9.17) is 0 Å². The molecule has 1 saturated heterocycles. The van der Waals surface area contributed by atoms with Crippen molar-refractivity contribution in [2.45, 2.75) is 35.9 Å². The van der Waals surface area contributed by atoms with Gasteiger partial charge in [-0.1, -0.05) is 0 Å².